The van der Waals surface area contributed by atoms with E-state index in [0.717, 1.165) is 44.1 Å². The molecule has 2 rings (SSSR count). The van der Waals surface area contributed by atoms with Gasteiger partial charge in [0.2, 0.25) is 0 Å². The van der Waals surface area contributed by atoms with E-state index in [1.165, 1.54) is 19.3 Å². The van der Waals surface area contributed by atoms with Gasteiger partial charge in [0.15, 0.2) is 0 Å². The minimum Gasteiger partial charge on any atom is -0.494 e. The van der Waals surface area contributed by atoms with E-state index in [9.17, 15) is 0 Å². The lowest BCUT2D eigenvalue weighted by Gasteiger charge is -2.23. The van der Waals surface area contributed by atoms with Gasteiger partial charge in [-0.1, -0.05) is 13.3 Å². The van der Waals surface area contributed by atoms with Crippen LogP contribution in [0.5, 0.6) is 11.5 Å². The molecule has 19 heavy (non-hydrogen) atoms. The fourth-order valence-electron chi connectivity index (χ4n) is 2.34. The number of hydrogen-bond donors (Lipinski definition) is 1. The van der Waals surface area contributed by atoms with Gasteiger partial charge >= 0.3 is 0 Å². The van der Waals surface area contributed by atoms with E-state index in [1.54, 1.807) is 0 Å². The SMILES string of the molecule is CCCOc1ccc(OCCC2CCCCN2)cc1. The molecule has 1 heterocycles. The largest absolute Gasteiger partial charge is 0.494 e. The maximum atomic E-state index is 5.77. The van der Waals surface area contributed by atoms with Crippen LogP contribution in [0.3, 0.4) is 0 Å². The summed E-state index contributed by atoms with van der Waals surface area (Å²) in [6.07, 6.45) is 6.07. The molecule has 1 atom stereocenters. The summed E-state index contributed by atoms with van der Waals surface area (Å²) in [5.41, 5.74) is 0. The van der Waals surface area contributed by atoms with E-state index < -0.39 is 0 Å². The molecule has 1 unspecified atom stereocenters. The van der Waals surface area contributed by atoms with Crippen molar-refractivity contribution < 1.29 is 9.47 Å². The van der Waals surface area contributed by atoms with Crippen molar-refractivity contribution >= 4 is 0 Å². The van der Waals surface area contributed by atoms with E-state index in [-0.39, 0.29) is 0 Å². The van der Waals surface area contributed by atoms with Gasteiger partial charge in [0, 0.05) is 6.04 Å². The van der Waals surface area contributed by atoms with Crippen LogP contribution in [0.4, 0.5) is 0 Å². The molecule has 1 aliphatic heterocycles. The molecular weight excluding hydrogens is 238 g/mol. The van der Waals surface area contributed by atoms with Gasteiger partial charge in [-0.2, -0.15) is 0 Å². The quantitative estimate of drug-likeness (QED) is 0.818. The zero-order valence-corrected chi connectivity index (χ0v) is 11.9. The lowest BCUT2D eigenvalue weighted by atomic mass is 10.0. The second-order valence-electron chi connectivity index (χ2n) is 5.10. The molecule has 1 aliphatic rings. The summed E-state index contributed by atoms with van der Waals surface area (Å²) in [4.78, 5) is 0. The number of piperidine rings is 1. The van der Waals surface area contributed by atoms with Gasteiger partial charge in [0.05, 0.1) is 13.2 Å². The standard InChI is InChI=1S/C16H25NO2/c1-2-12-18-15-6-8-16(9-7-15)19-13-10-14-5-3-4-11-17-14/h6-9,14,17H,2-5,10-13H2,1H3. The van der Waals surface area contributed by atoms with Crippen LogP contribution in [0.15, 0.2) is 24.3 Å². The molecule has 0 aliphatic carbocycles. The van der Waals surface area contributed by atoms with Crippen molar-refractivity contribution in [2.45, 2.75) is 45.1 Å². The van der Waals surface area contributed by atoms with Crippen LogP contribution in [0.2, 0.25) is 0 Å². The number of nitrogens with one attached hydrogen (secondary N) is 1. The van der Waals surface area contributed by atoms with Gasteiger partial charge in [-0.15, -0.1) is 0 Å². The maximum absolute atomic E-state index is 5.77. The van der Waals surface area contributed by atoms with Gasteiger partial charge in [0.25, 0.3) is 0 Å². The highest BCUT2D eigenvalue weighted by Gasteiger charge is 2.11. The van der Waals surface area contributed by atoms with E-state index in [2.05, 4.69) is 12.2 Å². The van der Waals surface area contributed by atoms with Crippen LogP contribution in [-0.2, 0) is 0 Å². The lowest BCUT2D eigenvalue weighted by molar-refractivity contribution is 0.267. The Balaban J connectivity index is 1.67. The van der Waals surface area contributed by atoms with Crippen molar-refractivity contribution in [2.75, 3.05) is 19.8 Å². The first-order chi connectivity index (χ1) is 9.38. The molecule has 1 fully saturated rings. The normalized spacial score (nSPS) is 19.1. The van der Waals surface area contributed by atoms with Gasteiger partial charge in [-0.25, -0.2) is 0 Å². The minimum absolute atomic E-state index is 0.640. The Morgan fingerprint density at radius 3 is 2.32 bits per heavy atom. The number of rotatable bonds is 7. The first-order valence-corrected chi connectivity index (χ1v) is 7.47. The Labute approximate surface area is 116 Å². The van der Waals surface area contributed by atoms with E-state index >= 15 is 0 Å². The average molecular weight is 263 g/mol. The number of benzene rings is 1. The minimum atomic E-state index is 0.640. The van der Waals surface area contributed by atoms with Gasteiger partial charge in [-0.3, -0.25) is 0 Å². The van der Waals surface area contributed by atoms with Crippen molar-refractivity contribution in [3.8, 4) is 11.5 Å². The molecule has 3 nitrogen and oxygen atoms in total. The molecule has 0 spiro atoms. The molecule has 1 saturated heterocycles. The Bertz CT molecular complexity index is 344. The highest BCUT2D eigenvalue weighted by atomic mass is 16.5. The molecule has 0 radical (unpaired) electrons. The van der Waals surface area contributed by atoms with Crippen molar-refractivity contribution in [3.63, 3.8) is 0 Å². The van der Waals surface area contributed by atoms with Gasteiger partial charge in [0.1, 0.15) is 11.5 Å². The van der Waals surface area contributed by atoms with E-state index in [0.29, 0.717) is 6.04 Å². The maximum Gasteiger partial charge on any atom is 0.119 e. The topological polar surface area (TPSA) is 30.5 Å². The molecule has 1 aromatic carbocycles. The van der Waals surface area contributed by atoms with Crippen molar-refractivity contribution in [3.05, 3.63) is 24.3 Å². The predicted molar refractivity (Wildman–Crippen MR) is 78.0 cm³/mol. The van der Waals surface area contributed by atoms with Crippen LogP contribution in [0.25, 0.3) is 0 Å². The molecule has 3 heteroatoms. The van der Waals surface area contributed by atoms with Crippen LogP contribution in [0, 0.1) is 0 Å². The third-order valence-corrected chi connectivity index (χ3v) is 3.44. The Morgan fingerprint density at radius 1 is 1.05 bits per heavy atom. The zero-order chi connectivity index (χ0) is 13.3. The van der Waals surface area contributed by atoms with Crippen molar-refractivity contribution in [2.24, 2.45) is 0 Å². The Hall–Kier alpha value is -1.22. The summed E-state index contributed by atoms with van der Waals surface area (Å²) in [5, 5.41) is 3.54. The van der Waals surface area contributed by atoms with E-state index in [1.807, 2.05) is 24.3 Å². The van der Waals surface area contributed by atoms with Crippen LogP contribution in [0.1, 0.15) is 39.0 Å². The molecule has 1 N–H and O–H groups in total. The number of hydrogen-bond acceptors (Lipinski definition) is 3. The molecule has 106 valence electrons. The summed E-state index contributed by atoms with van der Waals surface area (Å²) in [6.45, 7) is 4.82. The second-order valence-corrected chi connectivity index (χ2v) is 5.10. The molecule has 0 amide bonds. The van der Waals surface area contributed by atoms with Crippen LogP contribution in [-0.4, -0.2) is 25.8 Å². The summed E-state index contributed by atoms with van der Waals surface area (Å²) in [7, 11) is 0. The van der Waals surface area contributed by atoms with Crippen molar-refractivity contribution in [1.29, 1.82) is 0 Å². The fraction of sp³-hybridized carbons (Fsp3) is 0.625. The summed E-state index contributed by atoms with van der Waals surface area (Å²) in [5.74, 6) is 1.85. The third-order valence-electron chi connectivity index (χ3n) is 3.44. The zero-order valence-electron chi connectivity index (χ0n) is 11.9. The van der Waals surface area contributed by atoms with Crippen molar-refractivity contribution in [1.82, 2.24) is 5.32 Å². The highest BCUT2D eigenvalue weighted by molar-refractivity contribution is 5.31. The average Bonchev–Trinajstić information content (AvgIpc) is 2.47. The van der Waals surface area contributed by atoms with E-state index in [4.69, 9.17) is 9.47 Å². The van der Waals surface area contributed by atoms with Gasteiger partial charge < -0.3 is 14.8 Å². The molecule has 0 aromatic heterocycles. The molecule has 0 bridgehead atoms. The molecular formula is C16H25NO2. The Kier molecular flexibility index (Phi) is 6.02. The van der Waals surface area contributed by atoms with Gasteiger partial charge in [-0.05, 0) is 56.5 Å². The van der Waals surface area contributed by atoms with Crippen LogP contribution >= 0.6 is 0 Å². The Morgan fingerprint density at radius 2 is 1.74 bits per heavy atom. The highest BCUT2D eigenvalue weighted by Crippen LogP contribution is 2.18. The summed E-state index contributed by atoms with van der Waals surface area (Å²) < 4.78 is 11.3. The smallest absolute Gasteiger partial charge is 0.119 e. The first kappa shape index (κ1) is 14.2. The lowest BCUT2D eigenvalue weighted by Crippen LogP contribution is -2.35. The number of ether oxygens (including phenoxy) is 2. The van der Waals surface area contributed by atoms with Crippen LogP contribution < -0.4 is 14.8 Å². The monoisotopic (exact) mass is 263 g/mol. The predicted octanol–water partition coefficient (Wildman–Crippen LogP) is 3.39. The molecule has 1 aromatic rings. The summed E-state index contributed by atoms with van der Waals surface area (Å²) in [6, 6.07) is 8.56. The first-order valence-electron chi connectivity index (χ1n) is 7.47. The second kappa shape index (κ2) is 8.05. The third kappa shape index (κ3) is 5.11. The fourth-order valence-corrected chi connectivity index (χ4v) is 2.34. The summed E-state index contributed by atoms with van der Waals surface area (Å²) >= 11 is 0. The molecule has 0 saturated carbocycles.